The summed E-state index contributed by atoms with van der Waals surface area (Å²) in [4.78, 5) is 0. The van der Waals surface area contributed by atoms with Crippen LogP contribution < -0.4 is 0 Å². The molecule has 11 aromatic rings. The van der Waals surface area contributed by atoms with Crippen LogP contribution in [0.25, 0.3) is 99.5 Å². The predicted molar refractivity (Wildman–Crippen MR) is 237 cm³/mol. The zero-order valence-electron chi connectivity index (χ0n) is 30.7. The number of benzene rings is 9. The van der Waals surface area contributed by atoms with Gasteiger partial charge in [-0.05, 0) is 93.5 Å². The van der Waals surface area contributed by atoms with Crippen LogP contribution >= 0.6 is 0 Å². The summed E-state index contributed by atoms with van der Waals surface area (Å²) in [6, 6.07) is 79.4. The lowest BCUT2D eigenvalue weighted by atomic mass is 9.98. The van der Waals surface area contributed by atoms with Gasteiger partial charge in [0.2, 0.25) is 0 Å². The zero-order valence-corrected chi connectivity index (χ0v) is 30.7. The van der Waals surface area contributed by atoms with Crippen molar-refractivity contribution in [3.05, 3.63) is 218 Å². The quantitative estimate of drug-likeness (QED) is 0.162. The average molecular weight is 713 g/mol. The van der Waals surface area contributed by atoms with E-state index < -0.39 is 0 Å². The second-order valence-corrected chi connectivity index (χ2v) is 14.6. The second-order valence-electron chi connectivity index (χ2n) is 14.6. The summed E-state index contributed by atoms with van der Waals surface area (Å²) < 4.78 is 4.89. The molecule has 0 radical (unpaired) electrons. The zero-order chi connectivity index (χ0) is 37.0. The molecule has 0 unspecified atom stereocenters. The van der Waals surface area contributed by atoms with Gasteiger partial charge in [-0.25, -0.2) is 0 Å². The maximum absolute atomic E-state index is 2.45. The highest BCUT2D eigenvalue weighted by Gasteiger charge is 2.19. The monoisotopic (exact) mass is 712 g/mol. The van der Waals surface area contributed by atoms with Crippen molar-refractivity contribution < 1.29 is 0 Å². The van der Waals surface area contributed by atoms with Crippen LogP contribution in [-0.4, -0.2) is 9.13 Å². The summed E-state index contributed by atoms with van der Waals surface area (Å²) in [6.45, 7) is 0. The van der Waals surface area contributed by atoms with Crippen LogP contribution in [0.3, 0.4) is 0 Å². The maximum atomic E-state index is 2.45. The molecule has 0 amide bonds. The number of hydrogen-bond acceptors (Lipinski definition) is 0. The van der Waals surface area contributed by atoms with Crippen LogP contribution in [-0.2, 0) is 0 Å². The molecule has 2 nitrogen and oxygen atoms in total. The van der Waals surface area contributed by atoms with Gasteiger partial charge in [-0.15, -0.1) is 0 Å². The Hall–Kier alpha value is -7.42. The van der Waals surface area contributed by atoms with E-state index in [1.807, 2.05) is 0 Å². The Morgan fingerprint density at radius 2 is 0.696 bits per heavy atom. The van der Waals surface area contributed by atoms with Gasteiger partial charge in [0.05, 0.1) is 22.1 Å². The summed E-state index contributed by atoms with van der Waals surface area (Å²) >= 11 is 0. The average Bonchev–Trinajstić information content (AvgIpc) is 3.80. The summed E-state index contributed by atoms with van der Waals surface area (Å²) in [5.74, 6) is 0. The fourth-order valence-electron chi connectivity index (χ4n) is 8.71. The Morgan fingerprint density at radius 3 is 1.32 bits per heavy atom. The molecule has 0 atom stereocenters. The van der Waals surface area contributed by atoms with Crippen molar-refractivity contribution in [2.24, 2.45) is 0 Å². The van der Waals surface area contributed by atoms with Crippen molar-refractivity contribution in [2.45, 2.75) is 0 Å². The second kappa shape index (κ2) is 13.2. The molecule has 0 bridgehead atoms. The van der Waals surface area contributed by atoms with E-state index in [0.717, 1.165) is 11.4 Å². The Morgan fingerprint density at radius 1 is 0.232 bits per heavy atom. The molecule has 2 aromatic heterocycles. The van der Waals surface area contributed by atoms with Crippen LogP contribution in [0, 0.1) is 0 Å². The summed E-state index contributed by atoms with van der Waals surface area (Å²) in [5.41, 5.74) is 16.7. The standard InChI is InChI=1S/C54H36N2/c1-4-15-37(16-5-1)40-27-30-44(31-28-40)56-52-26-13-10-21-47(52)49-24-14-23-46(54(49)56)41-29-32-53-50(36-41)48-22-11-12-25-51(48)55(53)45-34-42(38-17-6-2-7-18-38)33-43(35-45)39-19-8-3-9-20-39/h1-36H. The molecular formula is C54H36N2. The summed E-state index contributed by atoms with van der Waals surface area (Å²) in [5, 5.41) is 4.97. The molecule has 2 heteroatoms. The Kier molecular flexibility index (Phi) is 7.53. The number of aromatic nitrogens is 2. The van der Waals surface area contributed by atoms with Crippen molar-refractivity contribution in [1.82, 2.24) is 9.13 Å². The fraction of sp³-hybridized carbons (Fsp3) is 0. The molecule has 262 valence electrons. The van der Waals surface area contributed by atoms with E-state index in [1.165, 1.54) is 88.1 Å². The van der Waals surface area contributed by atoms with Crippen molar-refractivity contribution in [1.29, 1.82) is 0 Å². The number of rotatable bonds is 6. The normalized spacial score (nSPS) is 11.6. The SMILES string of the molecule is c1ccc(-c2ccc(-n3c4ccccc4c4cccc(-c5ccc6c(c5)c5ccccc5n6-c5cc(-c6ccccc6)cc(-c6ccccc6)c5)c43)cc2)cc1. The molecule has 2 heterocycles. The third-order valence-corrected chi connectivity index (χ3v) is 11.3. The molecule has 0 saturated heterocycles. The molecular weight excluding hydrogens is 677 g/mol. The van der Waals surface area contributed by atoms with Gasteiger partial charge in [0, 0.05) is 38.5 Å². The third kappa shape index (κ3) is 5.26. The van der Waals surface area contributed by atoms with Crippen molar-refractivity contribution in [3.8, 4) is 55.9 Å². The Bertz CT molecular complexity index is 3150. The van der Waals surface area contributed by atoms with Crippen LogP contribution in [0.5, 0.6) is 0 Å². The lowest BCUT2D eigenvalue weighted by Crippen LogP contribution is -1.96. The maximum Gasteiger partial charge on any atom is 0.0619 e. The molecule has 0 N–H and O–H groups in total. The van der Waals surface area contributed by atoms with Crippen molar-refractivity contribution >= 4 is 43.6 Å². The molecule has 0 saturated carbocycles. The fourth-order valence-corrected chi connectivity index (χ4v) is 8.71. The first-order valence-electron chi connectivity index (χ1n) is 19.3. The van der Waals surface area contributed by atoms with Gasteiger partial charge in [-0.2, -0.15) is 0 Å². The van der Waals surface area contributed by atoms with E-state index in [-0.39, 0.29) is 0 Å². The lowest BCUT2D eigenvalue weighted by molar-refractivity contribution is 1.18. The van der Waals surface area contributed by atoms with Crippen LogP contribution in [0.2, 0.25) is 0 Å². The highest BCUT2D eigenvalue weighted by atomic mass is 15.0. The predicted octanol–water partition coefficient (Wildman–Crippen LogP) is 14.5. The molecule has 11 rings (SSSR count). The molecule has 0 aliphatic heterocycles. The minimum atomic E-state index is 1.14. The molecule has 0 fully saturated rings. The van der Waals surface area contributed by atoms with E-state index in [4.69, 9.17) is 0 Å². The van der Waals surface area contributed by atoms with Gasteiger partial charge in [0.25, 0.3) is 0 Å². The lowest BCUT2D eigenvalue weighted by Gasteiger charge is -2.15. The molecule has 0 aliphatic rings. The highest BCUT2D eigenvalue weighted by molar-refractivity contribution is 6.15. The number of nitrogens with zero attached hydrogens (tertiary/aromatic N) is 2. The van der Waals surface area contributed by atoms with Gasteiger partial charge in [-0.1, -0.05) is 164 Å². The van der Waals surface area contributed by atoms with E-state index in [9.17, 15) is 0 Å². The molecule has 0 spiro atoms. The minimum absolute atomic E-state index is 1.14. The highest BCUT2D eigenvalue weighted by Crippen LogP contribution is 2.42. The first-order valence-corrected chi connectivity index (χ1v) is 19.3. The third-order valence-electron chi connectivity index (χ3n) is 11.3. The van der Waals surface area contributed by atoms with Crippen LogP contribution in [0.1, 0.15) is 0 Å². The Balaban J connectivity index is 1.12. The van der Waals surface area contributed by atoms with Crippen molar-refractivity contribution in [2.75, 3.05) is 0 Å². The van der Waals surface area contributed by atoms with Gasteiger partial charge in [-0.3, -0.25) is 0 Å². The topological polar surface area (TPSA) is 9.86 Å². The Labute approximate surface area is 325 Å². The first-order chi connectivity index (χ1) is 27.8. The largest absolute Gasteiger partial charge is 0.309 e. The van der Waals surface area contributed by atoms with E-state index in [0.29, 0.717) is 0 Å². The van der Waals surface area contributed by atoms with E-state index >= 15 is 0 Å². The summed E-state index contributed by atoms with van der Waals surface area (Å²) in [7, 11) is 0. The van der Waals surface area contributed by atoms with E-state index in [1.54, 1.807) is 0 Å². The van der Waals surface area contributed by atoms with Crippen LogP contribution in [0.15, 0.2) is 218 Å². The van der Waals surface area contributed by atoms with Gasteiger partial charge < -0.3 is 9.13 Å². The van der Waals surface area contributed by atoms with E-state index in [2.05, 4.69) is 228 Å². The number of para-hydroxylation sites is 3. The summed E-state index contributed by atoms with van der Waals surface area (Å²) in [6.07, 6.45) is 0. The van der Waals surface area contributed by atoms with Gasteiger partial charge >= 0.3 is 0 Å². The molecule has 9 aromatic carbocycles. The van der Waals surface area contributed by atoms with Gasteiger partial charge in [0.1, 0.15) is 0 Å². The van der Waals surface area contributed by atoms with Gasteiger partial charge in [0.15, 0.2) is 0 Å². The first kappa shape index (κ1) is 32.0. The molecule has 0 aliphatic carbocycles. The smallest absolute Gasteiger partial charge is 0.0619 e. The molecule has 56 heavy (non-hydrogen) atoms. The minimum Gasteiger partial charge on any atom is -0.309 e. The van der Waals surface area contributed by atoms with Crippen molar-refractivity contribution in [3.63, 3.8) is 0 Å². The number of hydrogen-bond donors (Lipinski definition) is 0. The van der Waals surface area contributed by atoms with Crippen LogP contribution in [0.4, 0.5) is 0 Å². The number of fused-ring (bicyclic) bond motifs is 6.